The van der Waals surface area contributed by atoms with E-state index in [9.17, 15) is 4.21 Å². The van der Waals surface area contributed by atoms with Gasteiger partial charge in [0.2, 0.25) is 0 Å². The minimum atomic E-state index is -1.80. The van der Waals surface area contributed by atoms with Gasteiger partial charge in [-0.25, -0.2) is 9.19 Å². The minimum Gasteiger partial charge on any atom is -0.341 e. The van der Waals surface area contributed by atoms with E-state index >= 15 is 0 Å². The molecule has 1 aliphatic rings. The Labute approximate surface area is 137 Å². The van der Waals surface area contributed by atoms with Gasteiger partial charge in [-0.05, 0) is 43.5 Å². The summed E-state index contributed by atoms with van der Waals surface area (Å²) >= 11 is -1.80. The average Bonchev–Trinajstić information content (AvgIpc) is 2.87. The third-order valence-electron chi connectivity index (χ3n) is 4.02. The lowest BCUT2D eigenvalue weighted by atomic mass is 10.0. The number of imidazole rings is 1. The highest BCUT2D eigenvalue weighted by Gasteiger charge is 2.16. The highest BCUT2D eigenvalue weighted by molar-refractivity contribution is 7.79. The molecule has 0 saturated carbocycles. The highest BCUT2D eigenvalue weighted by atomic mass is 32.2. The van der Waals surface area contributed by atoms with Crippen molar-refractivity contribution in [2.24, 2.45) is 0 Å². The summed E-state index contributed by atoms with van der Waals surface area (Å²) in [5, 5.41) is 0. The maximum absolute atomic E-state index is 11.0. The first-order chi connectivity index (χ1) is 11.0. The summed E-state index contributed by atoms with van der Waals surface area (Å²) < 4.78 is 20.1. The number of nitrogens with zero attached hydrogens (tertiary/aromatic N) is 3. The lowest BCUT2D eigenvalue weighted by Crippen LogP contribution is -2.32. The lowest BCUT2D eigenvalue weighted by molar-refractivity contribution is 0.345. The molecule has 0 spiro atoms. The van der Waals surface area contributed by atoms with E-state index in [1.165, 1.54) is 0 Å². The molecule has 3 heterocycles. The van der Waals surface area contributed by atoms with Crippen molar-refractivity contribution in [2.75, 3.05) is 19.0 Å². The van der Waals surface area contributed by atoms with E-state index in [4.69, 9.17) is 4.55 Å². The van der Waals surface area contributed by atoms with Crippen molar-refractivity contribution in [3.63, 3.8) is 0 Å². The summed E-state index contributed by atoms with van der Waals surface area (Å²) in [6.45, 7) is 5.44. The second-order valence-electron chi connectivity index (χ2n) is 5.75. The maximum atomic E-state index is 11.0. The number of aryl methyl sites for hydroxylation is 2. The van der Waals surface area contributed by atoms with Crippen LogP contribution in [0.25, 0.3) is 17.1 Å². The zero-order valence-electron chi connectivity index (χ0n) is 13.2. The molecule has 6 nitrogen and oxygen atoms in total. The first-order valence-corrected chi connectivity index (χ1v) is 8.79. The van der Waals surface area contributed by atoms with E-state index in [0.29, 0.717) is 6.54 Å². The van der Waals surface area contributed by atoms with E-state index in [2.05, 4.69) is 21.0 Å². The molecule has 0 aromatic carbocycles. The van der Waals surface area contributed by atoms with E-state index in [1.54, 1.807) is 6.20 Å². The largest absolute Gasteiger partial charge is 0.341 e. The van der Waals surface area contributed by atoms with Crippen LogP contribution in [0, 0.1) is 13.8 Å². The molecule has 0 bridgehead atoms. The van der Waals surface area contributed by atoms with Crippen LogP contribution >= 0.6 is 0 Å². The number of hydrogen-bond donors (Lipinski definition) is 2. The second kappa shape index (κ2) is 6.74. The fraction of sp³-hybridized carbons (Fsp3) is 0.375. The summed E-state index contributed by atoms with van der Waals surface area (Å²) in [6, 6.07) is 3.99. The molecule has 0 radical (unpaired) electrons. The summed E-state index contributed by atoms with van der Waals surface area (Å²) in [7, 11) is 0. The summed E-state index contributed by atoms with van der Waals surface area (Å²) in [4.78, 5) is 14.1. The SMILES string of the molecule is Cc1nc(-c2cc(C3=CCCN(CS(=O)O)C3)ccn2)[nH]c1C. The molecule has 1 atom stereocenters. The van der Waals surface area contributed by atoms with E-state index in [-0.39, 0.29) is 5.88 Å². The van der Waals surface area contributed by atoms with Crippen LogP contribution in [-0.4, -0.2) is 47.6 Å². The predicted molar refractivity (Wildman–Crippen MR) is 91.1 cm³/mol. The third kappa shape index (κ3) is 3.74. The number of aromatic amines is 1. The summed E-state index contributed by atoms with van der Waals surface area (Å²) in [6.07, 6.45) is 4.85. The van der Waals surface area contributed by atoms with Crippen molar-refractivity contribution in [2.45, 2.75) is 20.3 Å². The second-order valence-corrected chi connectivity index (χ2v) is 6.65. The molecule has 23 heavy (non-hydrogen) atoms. The molecule has 2 aromatic rings. The standard InChI is InChI=1S/C16H20N4O2S/c1-11-12(2)19-16(18-11)15-8-13(5-6-17-15)14-4-3-7-20(9-14)10-23(21)22/h4-6,8H,3,7,9-10H2,1-2H3,(H,18,19)(H,21,22). The number of hydrogen-bond acceptors (Lipinski definition) is 4. The van der Waals surface area contributed by atoms with E-state index < -0.39 is 11.1 Å². The Morgan fingerprint density at radius 2 is 2.26 bits per heavy atom. The van der Waals surface area contributed by atoms with Gasteiger partial charge in [0, 0.05) is 25.0 Å². The van der Waals surface area contributed by atoms with E-state index in [1.807, 2.05) is 30.9 Å². The highest BCUT2D eigenvalue weighted by Crippen LogP contribution is 2.24. The van der Waals surface area contributed by atoms with Crippen LogP contribution in [0.3, 0.4) is 0 Å². The van der Waals surface area contributed by atoms with Gasteiger partial charge in [-0.2, -0.15) is 0 Å². The van der Waals surface area contributed by atoms with Crippen LogP contribution in [0.5, 0.6) is 0 Å². The van der Waals surface area contributed by atoms with Crippen LogP contribution in [-0.2, 0) is 11.1 Å². The number of aromatic nitrogens is 3. The van der Waals surface area contributed by atoms with Crippen LogP contribution in [0.15, 0.2) is 24.4 Å². The molecule has 3 rings (SSSR count). The molecule has 1 unspecified atom stereocenters. The van der Waals surface area contributed by atoms with Gasteiger partial charge in [0.15, 0.2) is 16.9 Å². The first-order valence-electron chi connectivity index (χ1n) is 7.52. The summed E-state index contributed by atoms with van der Waals surface area (Å²) in [5.41, 5.74) is 5.06. The topological polar surface area (TPSA) is 82.1 Å². The maximum Gasteiger partial charge on any atom is 0.167 e. The van der Waals surface area contributed by atoms with Crippen LogP contribution in [0.2, 0.25) is 0 Å². The van der Waals surface area contributed by atoms with Crippen molar-refractivity contribution >= 4 is 16.7 Å². The summed E-state index contributed by atoms with van der Waals surface area (Å²) in [5.74, 6) is 0.956. The van der Waals surface area contributed by atoms with Gasteiger partial charge in [0.05, 0.1) is 5.69 Å². The lowest BCUT2D eigenvalue weighted by Gasteiger charge is -2.26. The monoisotopic (exact) mass is 332 g/mol. The molecule has 122 valence electrons. The van der Waals surface area contributed by atoms with Crippen LogP contribution in [0.4, 0.5) is 0 Å². The Morgan fingerprint density at radius 3 is 2.96 bits per heavy atom. The quantitative estimate of drug-likeness (QED) is 0.840. The number of H-pyrrole nitrogens is 1. The van der Waals surface area contributed by atoms with Gasteiger partial charge < -0.3 is 9.54 Å². The first kappa shape index (κ1) is 16.0. The zero-order chi connectivity index (χ0) is 16.4. The van der Waals surface area contributed by atoms with E-state index in [0.717, 1.165) is 47.0 Å². The molecule has 0 saturated heterocycles. The predicted octanol–water partition coefficient (Wildman–Crippen LogP) is 2.36. The molecule has 0 fully saturated rings. The van der Waals surface area contributed by atoms with Crippen molar-refractivity contribution in [1.82, 2.24) is 19.9 Å². The van der Waals surface area contributed by atoms with Gasteiger partial charge in [-0.3, -0.25) is 9.88 Å². The third-order valence-corrected chi connectivity index (χ3v) is 4.61. The van der Waals surface area contributed by atoms with Crippen LogP contribution < -0.4 is 0 Å². The number of rotatable bonds is 4. The van der Waals surface area contributed by atoms with Gasteiger partial charge in [0.25, 0.3) is 0 Å². The Bertz CT molecular complexity index is 750. The molecule has 1 aliphatic heterocycles. The average molecular weight is 332 g/mol. The van der Waals surface area contributed by atoms with Gasteiger partial charge in [-0.1, -0.05) is 6.08 Å². The van der Waals surface area contributed by atoms with Crippen molar-refractivity contribution < 1.29 is 8.76 Å². The Hall–Kier alpha value is -1.83. The van der Waals surface area contributed by atoms with Gasteiger partial charge in [0.1, 0.15) is 11.6 Å². The molecule has 2 N–H and O–H groups in total. The molecule has 0 aliphatic carbocycles. The molecule has 7 heteroatoms. The molecule has 0 amide bonds. The number of nitrogens with one attached hydrogen (secondary N) is 1. The minimum absolute atomic E-state index is 0.186. The van der Waals surface area contributed by atoms with Gasteiger partial charge in [-0.15, -0.1) is 0 Å². The van der Waals surface area contributed by atoms with Crippen molar-refractivity contribution in [3.8, 4) is 11.5 Å². The Morgan fingerprint density at radius 1 is 1.43 bits per heavy atom. The zero-order valence-corrected chi connectivity index (χ0v) is 14.1. The van der Waals surface area contributed by atoms with Crippen molar-refractivity contribution in [1.29, 1.82) is 0 Å². The normalized spacial score (nSPS) is 17.1. The van der Waals surface area contributed by atoms with Crippen LogP contribution in [0.1, 0.15) is 23.4 Å². The Balaban J connectivity index is 1.85. The fourth-order valence-electron chi connectivity index (χ4n) is 2.71. The molecule has 2 aromatic heterocycles. The molecular formula is C16H20N4O2S. The Kier molecular flexibility index (Phi) is 4.70. The fourth-order valence-corrected chi connectivity index (χ4v) is 3.24. The van der Waals surface area contributed by atoms with Crippen molar-refractivity contribution in [3.05, 3.63) is 41.4 Å². The van der Waals surface area contributed by atoms with Gasteiger partial charge >= 0.3 is 0 Å². The molecular weight excluding hydrogens is 312 g/mol. The number of pyridine rings is 1. The smallest absolute Gasteiger partial charge is 0.167 e.